The van der Waals surface area contributed by atoms with E-state index in [0.29, 0.717) is 11.1 Å². The summed E-state index contributed by atoms with van der Waals surface area (Å²) >= 11 is 0. The molecule has 0 aliphatic carbocycles. The molecule has 1 aliphatic heterocycles. The average molecular weight is 448 g/mol. The lowest BCUT2D eigenvalue weighted by Gasteiger charge is -2.29. The summed E-state index contributed by atoms with van der Waals surface area (Å²) in [6.07, 6.45) is -6.05. The molecule has 0 radical (unpaired) electrons. The van der Waals surface area contributed by atoms with Crippen LogP contribution in [0.4, 0.5) is 18.0 Å². The maximum Gasteiger partial charge on any atom is 0.573 e. The van der Waals surface area contributed by atoms with Crippen LogP contribution in [0.3, 0.4) is 0 Å². The van der Waals surface area contributed by atoms with E-state index < -0.39 is 24.1 Å². The van der Waals surface area contributed by atoms with Crippen LogP contribution < -0.4 is 10.3 Å². The average Bonchev–Trinajstić information content (AvgIpc) is 2.74. The van der Waals surface area contributed by atoms with Gasteiger partial charge in [-0.1, -0.05) is 23.4 Å². The number of ketones is 1. The number of carboxylic acid groups (broad SMARTS) is 1. The number of ether oxygens (including phenoxy) is 1. The first-order chi connectivity index (χ1) is 15.1. The van der Waals surface area contributed by atoms with Gasteiger partial charge < -0.3 is 14.7 Å². The van der Waals surface area contributed by atoms with Crippen molar-refractivity contribution < 1.29 is 32.6 Å². The fraction of sp³-hybridized carbons (Fsp3) is 0.250. The van der Waals surface area contributed by atoms with Gasteiger partial charge in [0.1, 0.15) is 17.3 Å². The largest absolute Gasteiger partial charge is 0.573 e. The SMILES string of the molecule is O=C1CCN(C(=O)O)CC1n1nnc2ccc(-c3ccc(OC(F)(F)F)cc3)cc2c1=O. The van der Waals surface area contributed by atoms with Crippen LogP contribution in [0, 0.1) is 0 Å². The van der Waals surface area contributed by atoms with Gasteiger partial charge in [-0.25, -0.2) is 4.79 Å². The van der Waals surface area contributed by atoms with Crippen LogP contribution in [0.15, 0.2) is 47.3 Å². The van der Waals surface area contributed by atoms with Crippen molar-refractivity contribution in [3.63, 3.8) is 0 Å². The Balaban J connectivity index is 1.70. The highest BCUT2D eigenvalue weighted by Crippen LogP contribution is 2.27. The lowest BCUT2D eigenvalue weighted by molar-refractivity contribution is -0.274. The monoisotopic (exact) mass is 448 g/mol. The summed E-state index contributed by atoms with van der Waals surface area (Å²) in [6, 6.07) is 8.66. The number of piperidine rings is 1. The fourth-order valence-electron chi connectivity index (χ4n) is 3.49. The summed E-state index contributed by atoms with van der Waals surface area (Å²) in [4.78, 5) is 37.7. The van der Waals surface area contributed by atoms with Gasteiger partial charge in [0.05, 0.1) is 11.9 Å². The predicted molar refractivity (Wildman–Crippen MR) is 104 cm³/mol. The number of Topliss-reactive ketones (excluding diaryl/α,β-unsaturated/α-hetero) is 1. The van der Waals surface area contributed by atoms with E-state index in [1.165, 1.54) is 24.3 Å². The number of amides is 1. The number of likely N-dealkylation sites (tertiary alicyclic amines) is 1. The summed E-state index contributed by atoms with van der Waals surface area (Å²) in [7, 11) is 0. The Hall–Kier alpha value is -3.96. The molecule has 3 aromatic rings. The second-order valence-corrected chi connectivity index (χ2v) is 7.10. The molecule has 0 bridgehead atoms. The Morgan fingerprint density at radius 3 is 2.44 bits per heavy atom. The smallest absolute Gasteiger partial charge is 0.465 e. The van der Waals surface area contributed by atoms with Gasteiger partial charge in [-0.15, -0.1) is 18.3 Å². The number of hydrogen-bond donors (Lipinski definition) is 1. The second kappa shape index (κ2) is 7.94. The second-order valence-electron chi connectivity index (χ2n) is 7.10. The number of nitrogens with zero attached hydrogens (tertiary/aromatic N) is 4. The zero-order chi connectivity index (χ0) is 23.0. The Morgan fingerprint density at radius 2 is 1.78 bits per heavy atom. The molecule has 0 saturated carbocycles. The number of rotatable bonds is 3. The van der Waals surface area contributed by atoms with Crippen molar-refractivity contribution in [3.05, 3.63) is 52.8 Å². The van der Waals surface area contributed by atoms with Crippen LogP contribution in [0.2, 0.25) is 0 Å². The highest BCUT2D eigenvalue weighted by Gasteiger charge is 2.33. The number of halogens is 3. The standard InChI is InChI=1S/C20H15F3N4O5/c21-20(22,23)32-13-4-1-11(2-5-13)12-3-6-15-14(9-12)18(29)27(25-24-15)16-10-26(19(30)31)8-7-17(16)28/h1-6,9,16H,7-8,10H2,(H,30,31). The molecule has 9 nitrogen and oxygen atoms in total. The molecule has 1 aliphatic rings. The number of carbonyl (C=O) groups is 2. The van der Waals surface area contributed by atoms with Crippen LogP contribution in [0.1, 0.15) is 12.5 Å². The zero-order valence-electron chi connectivity index (χ0n) is 16.2. The van der Waals surface area contributed by atoms with E-state index >= 15 is 0 Å². The number of aromatic nitrogens is 3. The summed E-state index contributed by atoms with van der Waals surface area (Å²) in [5, 5.41) is 17.1. The van der Waals surface area contributed by atoms with Crippen molar-refractivity contribution in [2.75, 3.05) is 13.1 Å². The summed E-state index contributed by atoms with van der Waals surface area (Å²) in [5.41, 5.74) is 0.676. The van der Waals surface area contributed by atoms with Crippen molar-refractivity contribution in [1.82, 2.24) is 19.9 Å². The minimum absolute atomic E-state index is 0.0403. The van der Waals surface area contributed by atoms with Crippen LogP contribution >= 0.6 is 0 Å². The molecule has 1 N–H and O–H groups in total. The van der Waals surface area contributed by atoms with Crippen molar-refractivity contribution in [3.8, 4) is 16.9 Å². The van der Waals surface area contributed by atoms with Gasteiger partial charge in [0.2, 0.25) is 0 Å². The van der Waals surface area contributed by atoms with E-state index in [1.807, 2.05) is 0 Å². The Labute approximate surface area is 177 Å². The van der Waals surface area contributed by atoms with Crippen LogP contribution in [-0.2, 0) is 4.79 Å². The molecule has 1 aromatic heterocycles. The fourth-order valence-corrected chi connectivity index (χ4v) is 3.49. The van der Waals surface area contributed by atoms with Gasteiger partial charge in [-0.3, -0.25) is 9.59 Å². The summed E-state index contributed by atoms with van der Waals surface area (Å²) < 4.78 is 41.7. The van der Waals surface area contributed by atoms with Gasteiger partial charge >= 0.3 is 12.5 Å². The number of benzene rings is 2. The Kier molecular flexibility index (Phi) is 5.28. The minimum Gasteiger partial charge on any atom is -0.465 e. The topological polar surface area (TPSA) is 115 Å². The minimum atomic E-state index is -4.80. The van der Waals surface area contributed by atoms with Crippen molar-refractivity contribution in [2.45, 2.75) is 18.8 Å². The van der Waals surface area contributed by atoms with Gasteiger partial charge in [-0.2, -0.15) is 4.68 Å². The van der Waals surface area contributed by atoms with E-state index in [1.54, 1.807) is 6.07 Å². The molecule has 1 unspecified atom stereocenters. The molecule has 32 heavy (non-hydrogen) atoms. The number of alkyl halides is 3. The summed E-state index contributed by atoms with van der Waals surface area (Å²) in [5.74, 6) is -0.705. The zero-order valence-corrected chi connectivity index (χ0v) is 16.2. The molecule has 0 spiro atoms. The molecule has 166 valence electrons. The third kappa shape index (κ3) is 4.24. The molecule has 2 aromatic carbocycles. The normalized spacial score (nSPS) is 16.9. The first kappa shape index (κ1) is 21.3. The van der Waals surface area contributed by atoms with Gasteiger partial charge in [0.25, 0.3) is 5.56 Å². The van der Waals surface area contributed by atoms with Gasteiger partial charge in [0, 0.05) is 13.0 Å². The van der Waals surface area contributed by atoms with E-state index in [2.05, 4.69) is 15.0 Å². The van der Waals surface area contributed by atoms with Crippen LogP contribution in [0.25, 0.3) is 22.0 Å². The lowest BCUT2D eigenvalue weighted by atomic mass is 10.0. The van der Waals surface area contributed by atoms with E-state index in [9.17, 15) is 32.7 Å². The first-order valence-electron chi connectivity index (χ1n) is 9.38. The third-order valence-electron chi connectivity index (χ3n) is 5.06. The highest BCUT2D eigenvalue weighted by molar-refractivity contribution is 5.86. The molecular weight excluding hydrogens is 433 g/mol. The van der Waals surface area contributed by atoms with E-state index in [4.69, 9.17) is 0 Å². The van der Waals surface area contributed by atoms with Crippen molar-refractivity contribution >= 4 is 22.8 Å². The maximum absolute atomic E-state index is 13.0. The van der Waals surface area contributed by atoms with Crippen LogP contribution in [0.5, 0.6) is 5.75 Å². The maximum atomic E-state index is 13.0. The van der Waals surface area contributed by atoms with Crippen molar-refractivity contribution in [1.29, 1.82) is 0 Å². The Bertz CT molecular complexity index is 1260. The molecule has 12 heteroatoms. The van der Waals surface area contributed by atoms with E-state index in [0.717, 1.165) is 21.7 Å². The van der Waals surface area contributed by atoms with Gasteiger partial charge in [0.15, 0.2) is 5.78 Å². The molecule has 1 amide bonds. The van der Waals surface area contributed by atoms with E-state index in [-0.39, 0.29) is 41.9 Å². The lowest BCUT2D eigenvalue weighted by Crippen LogP contribution is -2.47. The molecule has 2 heterocycles. The number of hydrogen-bond acceptors (Lipinski definition) is 6. The molecule has 4 rings (SSSR count). The molecule has 1 fully saturated rings. The first-order valence-corrected chi connectivity index (χ1v) is 9.38. The molecule has 1 atom stereocenters. The number of fused-ring (bicyclic) bond motifs is 1. The third-order valence-corrected chi connectivity index (χ3v) is 5.06. The number of carbonyl (C=O) groups excluding carboxylic acids is 1. The quantitative estimate of drug-likeness (QED) is 0.655. The molecule has 1 saturated heterocycles. The van der Waals surface area contributed by atoms with Crippen LogP contribution in [-0.4, -0.2) is 56.3 Å². The van der Waals surface area contributed by atoms with Crippen molar-refractivity contribution in [2.24, 2.45) is 0 Å². The summed E-state index contributed by atoms with van der Waals surface area (Å²) in [6.45, 7) is -0.173. The highest BCUT2D eigenvalue weighted by atomic mass is 19.4. The predicted octanol–water partition coefficient (Wildman–Crippen LogP) is 2.85. The Morgan fingerprint density at radius 1 is 1.09 bits per heavy atom. The van der Waals surface area contributed by atoms with Gasteiger partial charge in [-0.05, 0) is 35.4 Å². The molecular formula is C20H15F3N4O5.